The Kier molecular flexibility index (Phi) is 5.66. The van der Waals surface area contributed by atoms with E-state index in [0.717, 1.165) is 18.8 Å². The molecule has 0 radical (unpaired) electrons. The molecule has 1 aromatic rings. The van der Waals surface area contributed by atoms with Crippen molar-refractivity contribution < 1.29 is 13.2 Å². The molecule has 1 heterocycles. The summed E-state index contributed by atoms with van der Waals surface area (Å²) in [6.45, 7) is 3.95. The van der Waals surface area contributed by atoms with Gasteiger partial charge >= 0.3 is 0 Å². The van der Waals surface area contributed by atoms with Gasteiger partial charge < -0.3 is 9.64 Å². The molecule has 2 rings (SSSR count). The average molecular weight is 387 g/mol. The van der Waals surface area contributed by atoms with Gasteiger partial charge in [0.25, 0.3) is 0 Å². The van der Waals surface area contributed by atoms with Crippen LogP contribution in [0.2, 0.25) is 0 Å². The largest absolute Gasteiger partial charge is 0.496 e. The van der Waals surface area contributed by atoms with Gasteiger partial charge in [-0.2, -0.15) is 0 Å². The highest BCUT2D eigenvalue weighted by Gasteiger charge is 2.18. The number of halogens is 1. The number of methoxy groups -OCH3 is 1. The van der Waals surface area contributed by atoms with Gasteiger partial charge in [-0.3, -0.25) is 0 Å². The third kappa shape index (κ3) is 3.91. The molecule has 1 N–H and O–H groups in total. The van der Waals surface area contributed by atoms with E-state index in [-0.39, 0.29) is 11.4 Å². The number of hydrogen-bond acceptors (Lipinski definition) is 4. The van der Waals surface area contributed by atoms with E-state index in [2.05, 4.69) is 25.6 Å². The molecular weight excluding hydrogens is 368 g/mol. The van der Waals surface area contributed by atoms with Gasteiger partial charge in [0.1, 0.15) is 5.75 Å². The molecule has 1 aliphatic rings. The maximum Gasteiger partial charge on any atom is 0.240 e. The molecule has 22 heavy (non-hydrogen) atoms. The summed E-state index contributed by atoms with van der Waals surface area (Å²) in [4.78, 5) is 2.32. The van der Waals surface area contributed by atoms with Crippen molar-refractivity contribution in [3.63, 3.8) is 0 Å². The second-order valence-electron chi connectivity index (χ2n) is 4.75. The zero-order valence-electron chi connectivity index (χ0n) is 12.5. The van der Waals surface area contributed by atoms with E-state index in [4.69, 9.17) is 4.74 Å². The second kappa shape index (κ2) is 7.30. The van der Waals surface area contributed by atoms with Crippen molar-refractivity contribution in [3.05, 3.63) is 46.6 Å². The van der Waals surface area contributed by atoms with Crippen molar-refractivity contribution in [2.45, 2.75) is 11.8 Å². The van der Waals surface area contributed by atoms with Crippen LogP contribution in [0, 0.1) is 0 Å². The van der Waals surface area contributed by atoms with Crippen molar-refractivity contribution in [2.75, 3.05) is 26.7 Å². The van der Waals surface area contributed by atoms with E-state index in [1.54, 1.807) is 6.07 Å². The lowest BCUT2D eigenvalue weighted by atomic mass is 10.2. The molecule has 0 fully saturated rings. The summed E-state index contributed by atoms with van der Waals surface area (Å²) < 4.78 is 33.1. The standard InChI is InChI=1S/C15H19BrN2O3S/c1-3-18-9-5-4-6-12(18)11-17-22(19,20)13-7-8-15(21-2)14(16)10-13/h4-8,10,17H,3,9,11H2,1-2H3. The first-order chi connectivity index (χ1) is 10.5. The van der Waals surface area contributed by atoms with E-state index < -0.39 is 10.0 Å². The highest BCUT2D eigenvalue weighted by molar-refractivity contribution is 9.10. The number of hydrogen-bond donors (Lipinski definition) is 1. The summed E-state index contributed by atoms with van der Waals surface area (Å²) in [5.41, 5.74) is 0.959. The molecule has 0 aliphatic carbocycles. The first kappa shape index (κ1) is 17.1. The lowest BCUT2D eigenvalue weighted by Crippen LogP contribution is -2.34. The maximum absolute atomic E-state index is 12.4. The molecule has 0 aromatic heterocycles. The maximum atomic E-state index is 12.4. The molecule has 7 heteroatoms. The van der Waals surface area contributed by atoms with Crippen LogP contribution in [0.4, 0.5) is 0 Å². The lowest BCUT2D eigenvalue weighted by Gasteiger charge is -2.27. The predicted octanol–water partition coefficient (Wildman–Crippen LogP) is 2.51. The van der Waals surface area contributed by atoms with Gasteiger partial charge in [-0.15, -0.1) is 0 Å². The van der Waals surface area contributed by atoms with Gasteiger partial charge in [-0.25, -0.2) is 13.1 Å². The fraction of sp³-hybridized carbons (Fsp3) is 0.333. The predicted molar refractivity (Wildman–Crippen MR) is 90.4 cm³/mol. The molecule has 5 nitrogen and oxygen atoms in total. The number of likely N-dealkylation sites (N-methyl/N-ethyl adjacent to an activating group) is 1. The third-order valence-electron chi connectivity index (χ3n) is 3.42. The van der Waals surface area contributed by atoms with Gasteiger partial charge in [-0.1, -0.05) is 12.2 Å². The Hall–Kier alpha value is -1.31. The Labute approximate surface area is 139 Å². The Morgan fingerprint density at radius 2 is 2.18 bits per heavy atom. The SMILES string of the molecule is CCN1CC=CC=C1CNS(=O)(=O)c1ccc(OC)c(Br)c1. The fourth-order valence-electron chi connectivity index (χ4n) is 2.16. The van der Waals surface area contributed by atoms with Gasteiger partial charge in [0, 0.05) is 18.8 Å². The van der Waals surface area contributed by atoms with Crippen molar-refractivity contribution in [2.24, 2.45) is 0 Å². The van der Waals surface area contributed by atoms with Crippen LogP contribution in [0.3, 0.4) is 0 Å². The van der Waals surface area contributed by atoms with Gasteiger partial charge in [0.05, 0.1) is 23.0 Å². The number of ether oxygens (including phenoxy) is 1. The summed E-state index contributed by atoms with van der Waals surface area (Å²) in [6.07, 6.45) is 5.92. The topological polar surface area (TPSA) is 58.6 Å². The van der Waals surface area contributed by atoms with Crippen LogP contribution in [0.15, 0.2) is 51.5 Å². The summed E-state index contributed by atoms with van der Waals surface area (Å²) in [5.74, 6) is 0.594. The molecular formula is C15H19BrN2O3S. The van der Waals surface area contributed by atoms with E-state index >= 15 is 0 Å². The zero-order chi connectivity index (χ0) is 16.2. The van der Waals surface area contributed by atoms with Crippen LogP contribution in [0.1, 0.15) is 6.92 Å². The van der Waals surface area contributed by atoms with E-state index in [1.165, 1.54) is 19.2 Å². The Balaban J connectivity index is 2.13. The normalized spacial score (nSPS) is 14.9. The molecule has 1 aromatic carbocycles. The van der Waals surface area contributed by atoms with Crippen LogP contribution in [0.25, 0.3) is 0 Å². The van der Waals surface area contributed by atoms with Crippen LogP contribution < -0.4 is 9.46 Å². The number of rotatable bonds is 6. The van der Waals surface area contributed by atoms with Crippen LogP contribution in [0.5, 0.6) is 5.75 Å². The van der Waals surface area contributed by atoms with Crippen LogP contribution >= 0.6 is 15.9 Å². The molecule has 120 valence electrons. The zero-order valence-corrected chi connectivity index (χ0v) is 14.9. The van der Waals surface area contributed by atoms with Crippen molar-refractivity contribution in [1.82, 2.24) is 9.62 Å². The first-order valence-corrected chi connectivity index (χ1v) is 9.19. The van der Waals surface area contributed by atoms with E-state index in [9.17, 15) is 8.42 Å². The molecule has 0 saturated heterocycles. The highest BCUT2D eigenvalue weighted by Crippen LogP contribution is 2.27. The fourth-order valence-corrected chi connectivity index (χ4v) is 3.88. The minimum atomic E-state index is -3.57. The molecule has 0 saturated carbocycles. The van der Waals surface area contributed by atoms with Crippen molar-refractivity contribution in [3.8, 4) is 5.75 Å². The molecule has 1 aliphatic heterocycles. The number of benzene rings is 1. The number of nitrogens with zero attached hydrogens (tertiary/aromatic N) is 1. The van der Waals surface area contributed by atoms with Crippen molar-refractivity contribution >= 4 is 26.0 Å². The highest BCUT2D eigenvalue weighted by atomic mass is 79.9. The molecule has 0 unspecified atom stereocenters. The minimum absolute atomic E-state index is 0.204. The van der Waals surface area contributed by atoms with Gasteiger partial charge in [0.15, 0.2) is 0 Å². The van der Waals surface area contributed by atoms with Gasteiger partial charge in [-0.05, 0) is 47.1 Å². The quantitative estimate of drug-likeness (QED) is 0.815. The number of sulfonamides is 1. The van der Waals surface area contributed by atoms with Crippen LogP contribution in [-0.4, -0.2) is 40.1 Å². The number of allylic oxidation sites excluding steroid dienone is 2. The molecule has 0 spiro atoms. The first-order valence-electron chi connectivity index (χ1n) is 6.91. The Morgan fingerprint density at radius 1 is 1.41 bits per heavy atom. The summed E-state index contributed by atoms with van der Waals surface area (Å²) in [5, 5.41) is 0. The number of nitrogens with one attached hydrogen (secondary N) is 1. The van der Waals surface area contributed by atoms with Crippen molar-refractivity contribution in [1.29, 1.82) is 0 Å². The third-order valence-corrected chi connectivity index (χ3v) is 5.43. The second-order valence-corrected chi connectivity index (χ2v) is 7.37. The Bertz CT molecular complexity index is 699. The minimum Gasteiger partial charge on any atom is -0.496 e. The lowest BCUT2D eigenvalue weighted by molar-refractivity contribution is 0.387. The molecule has 0 bridgehead atoms. The smallest absolute Gasteiger partial charge is 0.240 e. The summed E-state index contributed by atoms with van der Waals surface area (Å²) >= 11 is 3.30. The summed E-state index contributed by atoms with van der Waals surface area (Å²) in [6, 6.07) is 4.69. The van der Waals surface area contributed by atoms with E-state index in [1.807, 2.05) is 25.2 Å². The average Bonchev–Trinajstić information content (AvgIpc) is 2.53. The Morgan fingerprint density at radius 3 is 2.82 bits per heavy atom. The summed E-state index contributed by atoms with van der Waals surface area (Å²) in [7, 11) is -2.03. The molecule has 0 amide bonds. The van der Waals surface area contributed by atoms with Crippen LogP contribution in [-0.2, 0) is 10.0 Å². The monoisotopic (exact) mass is 386 g/mol. The van der Waals surface area contributed by atoms with Gasteiger partial charge in [0.2, 0.25) is 10.0 Å². The van der Waals surface area contributed by atoms with E-state index in [0.29, 0.717) is 10.2 Å². The molecule has 0 atom stereocenters.